The molecular formula is C46H30N2OS. The molecule has 2 aromatic heterocycles. The average molecular weight is 659 g/mol. The van der Waals surface area contributed by atoms with Crippen LogP contribution in [-0.2, 0) is 5.41 Å². The number of fused-ring (bicyclic) bond motifs is 13. The van der Waals surface area contributed by atoms with Crippen molar-refractivity contribution >= 4 is 42.4 Å². The van der Waals surface area contributed by atoms with Crippen molar-refractivity contribution in [3.63, 3.8) is 0 Å². The van der Waals surface area contributed by atoms with Crippen LogP contribution in [0.1, 0.15) is 23.6 Å². The third-order valence-electron chi connectivity index (χ3n) is 11.2. The van der Waals surface area contributed by atoms with Crippen LogP contribution in [-0.4, -0.2) is 15.6 Å². The van der Waals surface area contributed by atoms with E-state index in [9.17, 15) is 0 Å². The standard InChI is InChI=1S/C46H30N2OS/c1-45-26-11-10-23-39(45)46(35-19-7-8-21-37(35)49-45)34-18-6-4-15-31(34)40-33(17-12-20-36(40)46)42-43-41(32-16-5-9-22-38(32)50-43)47-44(48-42)30-25-24-28-13-2-3-14-29(28)27-30/h2-27,39H,1H3/t39?,45-,46?/m1/s1. The Morgan fingerprint density at radius 3 is 2.36 bits per heavy atom. The zero-order chi connectivity index (χ0) is 33.0. The predicted octanol–water partition coefficient (Wildman–Crippen LogP) is 11.5. The Kier molecular flexibility index (Phi) is 5.66. The van der Waals surface area contributed by atoms with Crippen LogP contribution in [0.4, 0.5) is 0 Å². The molecule has 0 saturated carbocycles. The van der Waals surface area contributed by atoms with E-state index in [0.29, 0.717) is 0 Å². The summed E-state index contributed by atoms with van der Waals surface area (Å²) < 4.78 is 9.21. The van der Waals surface area contributed by atoms with Gasteiger partial charge in [-0.15, -0.1) is 11.3 Å². The highest BCUT2D eigenvalue weighted by Gasteiger charge is 2.59. The number of hydrogen-bond acceptors (Lipinski definition) is 4. The van der Waals surface area contributed by atoms with Gasteiger partial charge in [0.2, 0.25) is 0 Å². The Morgan fingerprint density at radius 2 is 1.42 bits per heavy atom. The monoisotopic (exact) mass is 658 g/mol. The normalized spacial score (nSPS) is 21.3. The second-order valence-electron chi connectivity index (χ2n) is 13.8. The molecule has 0 bridgehead atoms. The van der Waals surface area contributed by atoms with Crippen molar-refractivity contribution < 1.29 is 4.74 Å². The fraction of sp³-hybridized carbons (Fsp3) is 0.0870. The van der Waals surface area contributed by atoms with E-state index in [1.54, 1.807) is 11.3 Å². The van der Waals surface area contributed by atoms with Crippen LogP contribution in [0, 0.1) is 5.92 Å². The molecule has 3 atom stereocenters. The fourth-order valence-corrected chi connectivity index (χ4v) is 10.2. The quantitative estimate of drug-likeness (QED) is 0.185. The van der Waals surface area contributed by atoms with E-state index in [1.165, 1.54) is 43.3 Å². The molecule has 0 fully saturated rings. The maximum Gasteiger partial charge on any atom is 0.160 e. The summed E-state index contributed by atoms with van der Waals surface area (Å²) in [6, 6.07) is 48.1. The number of nitrogens with zero attached hydrogens (tertiary/aromatic N) is 2. The first-order valence-corrected chi connectivity index (χ1v) is 18.0. The predicted molar refractivity (Wildman–Crippen MR) is 206 cm³/mol. The van der Waals surface area contributed by atoms with Crippen molar-refractivity contribution in [2.24, 2.45) is 5.92 Å². The molecule has 236 valence electrons. The summed E-state index contributed by atoms with van der Waals surface area (Å²) in [4.78, 5) is 10.8. The molecule has 6 aromatic carbocycles. The highest BCUT2D eigenvalue weighted by molar-refractivity contribution is 7.26. The van der Waals surface area contributed by atoms with Crippen molar-refractivity contribution in [2.75, 3.05) is 0 Å². The topological polar surface area (TPSA) is 35.0 Å². The van der Waals surface area contributed by atoms with Gasteiger partial charge in [0.1, 0.15) is 11.4 Å². The van der Waals surface area contributed by atoms with Crippen molar-refractivity contribution in [2.45, 2.75) is 17.9 Å². The average Bonchev–Trinajstić information content (AvgIpc) is 3.68. The molecule has 11 rings (SSSR count). The Morgan fingerprint density at radius 1 is 0.660 bits per heavy atom. The molecule has 50 heavy (non-hydrogen) atoms. The lowest BCUT2D eigenvalue weighted by Gasteiger charge is -2.52. The van der Waals surface area contributed by atoms with Gasteiger partial charge in [-0.1, -0.05) is 133 Å². The zero-order valence-electron chi connectivity index (χ0n) is 27.3. The molecule has 0 amide bonds. The first-order valence-electron chi connectivity index (χ1n) is 17.2. The number of ether oxygens (including phenoxy) is 1. The molecule has 2 aliphatic carbocycles. The molecular weight excluding hydrogens is 629 g/mol. The summed E-state index contributed by atoms with van der Waals surface area (Å²) in [7, 11) is 0. The van der Waals surface area contributed by atoms with Gasteiger partial charge in [0, 0.05) is 32.7 Å². The van der Waals surface area contributed by atoms with E-state index in [4.69, 9.17) is 14.7 Å². The van der Waals surface area contributed by atoms with Crippen molar-refractivity contribution in [1.29, 1.82) is 0 Å². The molecule has 3 heterocycles. The summed E-state index contributed by atoms with van der Waals surface area (Å²) >= 11 is 1.78. The summed E-state index contributed by atoms with van der Waals surface area (Å²) in [5, 5.41) is 3.55. The minimum atomic E-state index is -0.523. The van der Waals surface area contributed by atoms with E-state index in [1.807, 2.05) is 0 Å². The molecule has 4 heteroatoms. The summed E-state index contributed by atoms with van der Waals surface area (Å²) in [5.41, 5.74) is 9.45. The third kappa shape index (κ3) is 3.64. The van der Waals surface area contributed by atoms with E-state index in [-0.39, 0.29) is 5.92 Å². The number of allylic oxidation sites excluding steroid dienone is 2. The Bertz CT molecular complexity index is 2790. The van der Waals surface area contributed by atoms with Crippen LogP contribution in [0.3, 0.4) is 0 Å². The second kappa shape index (κ2) is 10.1. The molecule has 3 nitrogen and oxygen atoms in total. The molecule has 0 saturated heterocycles. The van der Waals surface area contributed by atoms with Crippen LogP contribution >= 0.6 is 11.3 Å². The van der Waals surface area contributed by atoms with Gasteiger partial charge in [0.25, 0.3) is 0 Å². The molecule has 8 aromatic rings. The minimum absolute atomic E-state index is 0.0375. The van der Waals surface area contributed by atoms with Crippen molar-refractivity contribution in [3.05, 3.63) is 174 Å². The number of aromatic nitrogens is 2. The van der Waals surface area contributed by atoms with Gasteiger partial charge in [-0.3, -0.25) is 0 Å². The SMILES string of the molecule is C[C@@]12C=CC=CC1C1(c3ccccc3O2)c2ccccc2-c2c(-c3nc(-c4ccc5ccccc5c4)nc4c3sc3ccccc34)cccc21. The van der Waals surface area contributed by atoms with Crippen LogP contribution in [0.5, 0.6) is 5.75 Å². The zero-order valence-corrected chi connectivity index (χ0v) is 28.1. The Labute approximate surface area is 293 Å². The maximum atomic E-state index is 6.88. The van der Waals surface area contributed by atoms with Crippen LogP contribution < -0.4 is 4.74 Å². The van der Waals surface area contributed by atoms with Gasteiger partial charge < -0.3 is 4.74 Å². The first kappa shape index (κ1) is 28.0. The van der Waals surface area contributed by atoms with Crippen LogP contribution in [0.2, 0.25) is 0 Å². The highest BCUT2D eigenvalue weighted by atomic mass is 32.1. The summed E-state index contributed by atoms with van der Waals surface area (Å²) in [5.74, 6) is 1.71. The van der Waals surface area contributed by atoms with E-state index < -0.39 is 11.0 Å². The molecule has 3 aliphatic rings. The third-order valence-corrected chi connectivity index (χ3v) is 12.3. The Balaban J connectivity index is 1.25. The van der Waals surface area contributed by atoms with Gasteiger partial charge in [-0.05, 0) is 64.2 Å². The van der Waals surface area contributed by atoms with Gasteiger partial charge in [0.05, 0.1) is 21.3 Å². The molecule has 2 unspecified atom stereocenters. The van der Waals surface area contributed by atoms with Gasteiger partial charge >= 0.3 is 0 Å². The van der Waals surface area contributed by atoms with Crippen molar-refractivity contribution in [3.8, 4) is 39.5 Å². The van der Waals surface area contributed by atoms with E-state index in [2.05, 4.69) is 165 Å². The number of benzene rings is 6. The molecule has 0 N–H and O–H groups in total. The summed E-state index contributed by atoms with van der Waals surface area (Å²) in [6.07, 6.45) is 8.92. The van der Waals surface area contributed by atoms with E-state index >= 15 is 0 Å². The largest absolute Gasteiger partial charge is 0.482 e. The van der Waals surface area contributed by atoms with Crippen LogP contribution in [0.15, 0.2) is 158 Å². The minimum Gasteiger partial charge on any atom is -0.482 e. The van der Waals surface area contributed by atoms with Gasteiger partial charge in [-0.25, -0.2) is 9.97 Å². The molecule has 0 radical (unpaired) electrons. The second-order valence-corrected chi connectivity index (χ2v) is 14.9. The highest BCUT2D eigenvalue weighted by Crippen LogP contribution is 2.65. The number of thiophene rings is 1. The number of rotatable bonds is 2. The number of hydrogen-bond donors (Lipinski definition) is 0. The van der Waals surface area contributed by atoms with Crippen molar-refractivity contribution in [1.82, 2.24) is 9.97 Å². The van der Waals surface area contributed by atoms with Gasteiger partial charge in [-0.2, -0.15) is 0 Å². The van der Waals surface area contributed by atoms with Gasteiger partial charge in [0.15, 0.2) is 5.82 Å². The molecule has 1 aliphatic heterocycles. The van der Waals surface area contributed by atoms with Crippen LogP contribution in [0.25, 0.3) is 64.8 Å². The lowest BCUT2D eigenvalue weighted by atomic mass is 9.57. The lowest BCUT2D eigenvalue weighted by Crippen LogP contribution is -2.54. The molecule has 1 spiro atoms. The first-order chi connectivity index (χ1) is 24.6. The maximum absolute atomic E-state index is 6.88. The smallest absolute Gasteiger partial charge is 0.160 e. The Hall–Kier alpha value is -5.84. The number of para-hydroxylation sites is 1. The lowest BCUT2D eigenvalue weighted by molar-refractivity contribution is 0.0471. The fourth-order valence-electron chi connectivity index (χ4n) is 9.09. The summed E-state index contributed by atoms with van der Waals surface area (Å²) in [6.45, 7) is 2.24. The van der Waals surface area contributed by atoms with E-state index in [0.717, 1.165) is 44.0 Å².